The average Bonchev–Trinajstić information content (AvgIpc) is 2.44. The van der Waals surface area contributed by atoms with Crippen molar-refractivity contribution >= 4 is 18.5 Å². The minimum atomic E-state index is -0.398. The van der Waals surface area contributed by atoms with Crippen LogP contribution < -0.4 is 5.32 Å². The summed E-state index contributed by atoms with van der Waals surface area (Å²) >= 11 is 0. The van der Waals surface area contributed by atoms with Gasteiger partial charge in [-0.25, -0.2) is 4.79 Å². The van der Waals surface area contributed by atoms with Crippen LogP contribution in [0.2, 0.25) is 0 Å². The van der Waals surface area contributed by atoms with Gasteiger partial charge in [0, 0.05) is 19.1 Å². The molecule has 2 atom stereocenters. The number of rotatable bonds is 0. The lowest BCUT2D eigenvalue weighted by atomic mass is 10.0. The van der Waals surface area contributed by atoms with E-state index in [9.17, 15) is 4.79 Å². The lowest BCUT2D eigenvalue weighted by Crippen LogP contribution is -2.45. The van der Waals surface area contributed by atoms with Crippen LogP contribution in [0.4, 0.5) is 4.79 Å². The lowest BCUT2D eigenvalue weighted by molar-refractivity contribution is 0.0166. The fourth-order valence-corrected chi connectivity index (χ4v) is 2.69. The Kier molecular flexibility index (Phi) is 5.29. The van der Waals surface area contributed by atoms with Crippen molar-refractivity contribution in [2.24, 2.45) is 5.92 Å². The number of carbonyl (C=O) groups is 1. The van der Waals surface area contributed by atoms with Crippen molar-refractivity contribution in [3.8, 4) is 0 Å². The van der Waals surface area contributed by atoms with E-state index in [1.165, 1.54) is 12.8 Å². The highest BCUT2D eigenvalue weighted by Crippen LogP contribution is 2.25. The van der Waals surface area contributed by atoms with E-state index in [0.29, 0.717) is 12.0 Å². The largest absolute Gasteiger partial charge is 0.444 e. The summed E-state index contributed by atoms with van der Waals surface area (Å²) in [6.07, 6.45) is 3.42. The number of amides is 1. The van der Waals surface area contributed by atoms with Crippen molar-refractivity contribution in [3.63, 3.8) is 0 Å². The maximum Gasteiger partial charge on any atom is 0.410 e. The number of nitrogens with zero attached hydrogens (tertiary/aromatic N) is 1. The third-order valence-electron chi connectivity index (χ3n) is 3.49. The molecule has 0 aromatic carbocycles. The highest BCUT2D eigenvalue weighted by Gasteiger charge is 2.34. The van der Waals surface area contributed by atoms with Crippen molar-refractivity contribution in [2.45, 2.75) is 51.7 Å². The summed E-state index contributed by atoms with van der Waals surface area (Å²) in [5.74, 6) is 0.593. The van der Waals surface area contributed by atoms with E-state index in [1.807, 2.05) is 25.7 Å². The molecule has 1 amide bonds. The Balaban J connectivity index is 0.00000162. The SMILES string of the molecule is CC(C)(C)OC(=O)N1CC2CCCC1CNC2.Cl. The molecule has 1 N–H and O–H groups in total. The van der Waals surface area contributed by atoms with Crippen LogP contribution in [0, 0.1) is 5.92 Å². The normalized spacial score (nSPS) is 28.1. The fraction of sp³-hybridized carbons (Fsp3) is 0.923. The maximum atomic E-state index is 12.2. The second kappa shape index (κ2) is 6.11. The summed E-state index contributed by atoms with van der Waals surface area (Å²) in [5, 5.41) is 3.45. The van der Waals surface area contributed by atoms with Gasteiger partial charge < -0.3 is 15.0 Å². The first-order valence-electron chi connectivity index (χ1n) is 6.66. The standard InChI is InChI=1S/C13H24N2O2.ClH/c1-13(2,3)17-12(16)15-9-10-5-4-6-11(15)8-14-7-10;/h10-11,14H,4-9H2,1-3H3;1H. The van der Waals surface area contributed by atoms with E-state index in [1.54, 1.807) is 0 Å². The van der Waals surface area contributed by atoms with Crippen molar-refractivity contribution in [1.82, 2.24) is 10.2 Å². The zero-order valence-corrected chi connectivity index (χ0v) is 12.4. The molecular weight excluding hydrogens is 252 g/mol. The summed E-state index contributed by atoms with van der Waals surface area (Å²) in [7, 11) is 0. The van der Waals surface area contributed by atoms with Crippen molar-refractivity contribution in [2.75, 3.05) is 19.6 Å². The molecule has 0 aromatic rings. The van der Waals surface area contributed by atoms with Gasteiger partial charge in [0.15, 0.2) is 0 Å². The molecular formula is C13H25ClN2O2. The van der Waals surface area contributed by atoms with Gasteiger partial charge in [-0.05, 0) is 46.1 Å². The average molecular weight is 277 g/mol. The van der Waals surface area contributed by atoms with E-state index in [-0.39, 0.29) is 18.5 Å². The van der Waals surface area contributed by atoms with Crippen molar-refractivity contribution in [1.29, 1.82) is 0 Å². The van der Waals surface area contributed by atoms with Crippen LogP contribution in [-0.4, -0.2) is 42.3 Å². The van der Waals surface area contributed by atoms with Crippen LogP contribution in [0.3, 0.4) is 0 Å². The quantitative estimate of drug-likeness (QED) is 0.739. The van der Waals surface area contributed by atoms with Crippen LogP contribution in [0.5, 0.6) is 0 Å². The third kappa shape index (κ3) is 4.02. The first kappa shape index (κ1) is 15.6. The van der Waals surface area contributed by atoms with E-state index in [0.717, 1.165) is 26.1 Å². The summed E-state index contributed by atoms with van der Waals surface area (Å²) in [5.41, 5.74) is -0.398. The zero-order chi connectivity index (χ0) is 12.5. The fourth-order valence-electron chi connectivity index (χ4n) is 2.69. The minimum absolute atomic E-state index is 0. The summed E-state index contributed by atoms with van der Waals surface area (Å²) in [6, 6.07) is 0.317. The Bertz CT molecular complexity index is 281. The molecule has 0 radical (unpaired) electrons. The lowest BCUT2D eigenvalue weighted by Gasteiger charge is -2.31. The van der Waals surface area contributed by atoms with E-state index in [2.05, 4.69) is 5.32 Å². The first-order chi connectivity index (χ1) is 7.96. The second-order valence-corrected chi connectivity index (χ2v) is 6.24. The molecule has 2 bridgehead atoms. The number of hydrogen-bond donors (Lipinski definition) is 1. The highest BCUT2D eigenvalue weighted by molar-refractivity contribution is 5.85. The highest BCUT2D eigenvalue weighted by atomic mass is 35.5. The van der Waals surface area contributed by atoms with Gasteiger partial charge in [-0.15, -0.1) is 12.4 Å². The van der Waals surface area contributed by atoms with Gasteiger partial charge >= 0.3 is 6.09 Å². The minimum Gasteiger partial charge on any atom is -0.444 e. The topological polar surface area (TPSA) is 41.6 Å². The molecule has 2 aliphatic heterocycles. The molecule has 0 saturated carbocycles. The smallest absolute Gasteiger partial charge is 0.410 e. The Hall–Kier alpha value is -0.480. The Labute approximate surface area is 116 Å². The second-order valence-electron chi connectivity index (χ2n) is 6.24. The van der Waals surface area contributed by atoms with Gasteiger partial charge in [-0.2, -0.15) is 0 Å². The number of hydrogen-bond acceptors (Lipinski definition) is 3. The molecule has 2 rings (SSSR count). The van der Waals surface area contributed by atoms with E-state index >= 15 is 0 Å². The monoisotopic (exact) mass is 276 g/mol. The number of ether oxygens (including phenoxy) is 1. The molecule has 18 heavy (non-hydrogen) atoms. The predicted octanol–water partition coefficient (Wildman–Crippen LogP) is 2.42. The Morgan fingerprint density at radius 3 is 2.67 bits per heavy atom. The molecule has 2 unspecified atom stereocenters. The van der Waals surface area contributed by atoms with Gasteiger partial charge in [-0.1, -0.05) is 6.42 Å². The number of halogens is 1. The molecule has 5 heteroatoms. The molecule has 4 nitrogen and oxygen atoms in total. The molecule has 0 aromatic heterocycles. The van der Waals surface area contributed by atoms with Crippen LogP contribution in [0.15, 0.2) is 0 Å². The Morgan fingerprint density at radius 1 is 1.28 bits per heavy atom. The van der Waals surface area contributed by atoms with Crippen LogP contribution in [0.1, 0.15) is 40.0 Å². The summed E-state index contributed by atoms with van der Waals surface area (Å²) in [4.78, 5) is 14.1. The van der Waals surface area contributed by atoms with Gasteiger partial charge in [0.25, 0.3) is 0 Å². The van der Waals surface area contributed by atoms with Crippen LogP contribution in [-0.2, 0) is 4.74 Å². The third-order valence-corrected chi connectivity index (χ3v) is 3.49. The Morgan fingerprint density at radius 2 is 2.00 bits per heavy atom. The van der Waals surface area contributed by atoms with Crippen LogP contribution in [0.25, 0.3) is 0 Å². The molecule has 2 aliphatic rings. The van der Waals surface area contributed by atoms with Gasteiger partial charge in [0.2, 0.25) is 0 Å². The first-order valence-corrected chi connectivity index (χ1v) is 6.66. The van der Waals surface area contributed by atoms with E-state index < -0.39 is 5.60 Å². The number of carbonyl (C=O) groups excluding carboxylic acids is 1. The molecule has 2 heterocycles. The molecule has 2 saturated heterocycles. The van der Waals surface area contributed by atoms with Gasteiger partial charge in [-0.3, -0.25) is 0 Å². The maximum absolute atomic E-state index is 12.2. The van der Waals surface area contributed by atoms with Crippen LogP contribution >= 0.6 is 12.4 Å². The van der Waals surface area contributed by atoms with Gasteiger partial charge in [0.1, 0.15) is 5.60 Å². The zero-order valence-electron chi connectivity index (χ0n) is 11.6. The number of nitrogens with one attached hydrogen (secondary N) is 1. The molecule has 2 fully saturated rings. The number of fused-ring (bicyclic) bond motifs is 3. The summed E-state index contributed by atoms with van der Waals surface area (Å²) < 4.78 is 5.50. The molecule has 0 spiro atoms. The van der Waals surface area contributed by atoms with Gasteiger partial charge in [0.05, 0.1) is 0 Å². The predicted molar refractivity (Wildman–Crippen MR) is 74.2 cm³/mol. The molecule has 106 valence electrons. The summed E-state index contributed by atoms with van der Waals surface area (Å²) in [6.45, 7) is 8.57. The molecule has 0 aliphatic carbocycles. The van der Waals surface area contributed by atoms with E-state index in [4.69, 9.17) is 4.74 Å². The van der Waals surface area contributed by atoms with Crippen molar-refractivity contribution < 1.29 is 9.53 Å². The van der Waals surface area contributed by atoms with Crippen molar-refractivity contribution in [3.05, 3.63) is 0 Å².